The third-order valence-electron chi connectivity index (χ3n) is 3.74. The Bertz CT molecular complexity index is 1080. The molecule has 1 aromatic heterocycles. The SMILES string of the molecule is Cn1c(=O)n(C)c2cc(C=NNS(=O)(=O)c3ccccc3)ccc21. The third-order valence-corrected chi connectivity index (χ3v) is 4.97. The largest absolute Gasteiger partial charge is 0.328 e. The molecule has 0 amide bonds. The number of nitrogens with zero attached hydrogens (tertiary/aromatic N) is 3. The van der Waals surface area contributed by atoms with Crippen LogP contribution >= 0.6 is 0 Å². The highest BCUT2D eigenvalue weighted by atomic mass is 32.2. The summed E-state index contributed by atoms with van der Waals surface area (Å²) in [6, 6.07) is 13.3. The van der Waals surface area contributed by atoms with Gasteiger partial charge in [-0.25, -0.2) is 9.63 Å². The molecule has 0 radical (unpaired) electrons. The fourth-order valence-electron chi connectivity index (χ4n) is 2.43. The lowest BCUT2D eigenvalue weighted by Gasteiger charge is -2.02. The summed E-state index contributed by atoms with van der Waals surface area (Å²) in [6.45, 7) is 0. The number of sulfonamides is 1. The number of hydrogen-bond donors (Lipinski definition) is 1. The highest BCUT2D eigenvalue weighted by Gasteiger charge is 2.11. The van der Waals surface area contributed by atoms with E-state index in [2.05, 4.69) is 9.93 Å². The molecule has 1 N–H and O–H groups in total. The normalized spacial score (nSPS) is 12.1. The van der Waals surface area contributed by atoms with E-state index in [-0.39, 0.29) is 10.6 Å². The van der Waals surface area contributed by atoms with Crippen molar-refractivity contribution in [2.24, 2.45) is 19.2 Å². The molecule has 0 atom stereocenters. The van der Waals surface area contributed by atoms with Gasteiger partial charge in [0.2, 0.25) is 0 Å². The Labute approximate surface area is 138 Å². The molecule has 3 aromatic rings. The number of hydrazone groups is 1. The third kappa shape index (κ3) is 2.83. The summed E-state index contributed by atoms with van der Waals surface area (Å²) in [5, 5.41) is 3.80. The van der Waals surface area contributed by atoms with Gasteiger partial charge < -0.3 is 0 Å². The van der Waals surface area contributed by atoms with E-state index in [1.165, 1.54) is 22.9 Å². The summed E-state index contributed by atoms with van der Waals surface area (Å²) in [7, 11) is -0.306. The lowest BCUT2D eigenvalue weighted by atomic mass is 10.2. The summed E-state index contributed by atoms with van der Waals surface area (Å²) in [5.74, 6) is 0. The van der Waals surface area contributed by atoms with Gasteiger partial charge >= 0.3 is 5.69 Å². The number of fused-ring (bicyclic) bond motifs is 1. The van der Waals surface area contributed by atoms with E-state index in [0.29, 0.717) is 5.56 Å². The lowest BCUT2D eigenvalue weighted by molar-refractivity contribution is 0.584. The van der Waals surface area contributed by atoms with Crippen LogP contribution in [-0.4, -0.2) is 23.8 Å². The standard InChI is InChI=1S/C16H16N4O3S/c1-19-14-9-8-12(10-15(14)20(2)16(19)21)11-17-18-24(22,23)13-6-4-3-5-7-13/h3-11,18H,1-2H3. The van der Waals surface area contributed by atoms with E-state index in [9.17, 15) is 13.2 Å². The minimum atomic E-state index is -3.69. The average Bonchev–Trinajstić information content (AvgIpc) is 2.80. The Morgan fingerprint density at radius 3 is 2.38 bits per heavy atom. The van der Waals surface area contributed by atoms with E-state index in [0.717, 1.165) is 11.0 Å². The Kier molecular flexibility index (Phi) is 3.98. The van der Waals surface area contributed by atoms with Crippen molar-refractivity contribution in [3.8, 4) is 0 Å². The van der Waals surface area contributed by atoms with Gasteiger partial charge in [0.25, 0.3) is 10.0 Å². The fraction of sp³-hybridized carbons (Fsp3) is 0.125. The van der Waals surface area contributed by atoms with E-state index in [1.807, 2.05) is 0 Å². The van der Waals surface area contributed by atoms with Gasteiger partial charge in [-0.2, -0.15) is 13.5 Å². The monoisotopic (exact) mass is 344 g/mol. The topological polar surface area (TPSA) is 85.5 Å². The van der Waals surface area contributed by atoms with Crippen molar-refractivity contribution in [1.82, 2.24) is 14.0 Å². The Morgan fingerprint density at radius 1 is 1.00 bits per heavy atom. The molecule has 0 saturated heterocycles. The summed E-state index contributed by atoms with van der Waals surface area (Å²) in [4.78, 5) is 14.2. The summed E-state index contributed by atoms with van der Waals surface area (Å²) in [6.07, 6.45) is 1.40. The second-order valence-corrected chi connectivity index (χ2v) is 6.98. The first kappa shape index (κ1) is 16.0. The quantitative estimate of drug-likeness (QED) is 0.570. The van der Waals surface area contributed by atoms with E-state index >= 15 is 0 Å². The number of benzene rings is 2. The molecule has 0 bridgehead atoms. The highest BCUT2D eigenvalue weighted by Crippen LogP contribution is 2.13. The zero-order chi connectivity index (χ0) is 17.3. The number of rotatable bonds is 4. The number of aromatic nitrogens is 2. The molecule has 2 aromatic carbocycles. The van der Waals surface area contributed by atoms with Crippen LogP contribution in [0.2, 0.25) is 0 Å². The van der Waals surface area contributed by atoms with Gasteiger partial charge in [-0.05, 0) is 29.8 Å². The molecule has 0 aliphatic heterocycles. The number of hydrogen-bond acceptors (Lipinski definition) is 4. The van der Waals surface area contributed by atoms with Crippen molar-refractivity contribution in [3.05, 3.63) is 64.6 Å². The van der Waals surface area contributed by atoms with Gasteiger partial charge in [0.05, 0.1) is 22.1 Å². The van der Waals surface area contributed by atoms with Crippen molar-refractivity contribution in [2.75, 3.05) is 0 Å². The van der Waals surface area contributed by atoms with Crippen molar-refractivity contribution in [3.63, 3.8) is 0 Å². The molecule has 1 heterocycles. The zero-order valence-electron chi connectivity index (χ0n) is 13.2. The van der Waals surface area contributed by atoms with Gasteiger partial charge in [-0.3, -0.25) is 9.13 Å². The molecule has 7 nitrogen and oxygen atoms in total. The van der Waals surface area contributed by atoms with Crippen molar-refractivity contribution in [2.45, 2.75) is 4.90 Å². The van der Waals surface area contributed by atoms with Gasteiger partial charge in [-0.1, -0.05) is 24.3 Å². The molecule has 0 aliphatic rings. The predicted octanol–water partition coefficient (Wildman–Crippen LogP) is 1.19. The maximum atomic E-state index is 12.1. The van der Waals surface area contributed by atoms with Crippen LogP contribution < -0.4 is 10.5 Å². The van der Waals surface area contributed by atoms with Crippen molar-refractivity contribution < 1.29 is 8.42 Å². The number of aryl methyl sites for hydroxylation is 2. The summed E-state index contributed by atoms with van der Waals surface area (Å²) >= 11 is 0. The average molecular weight is 344 g/mol. The first-order valence-electron chi connectivity index (χ1n) is 7.15. The van der Waals surface area contributed by atoms with Crippen LogP contribution in [0.25, 0.3) is 11.0 Å². The van der Waals surface area contributed by atoms with Gasteiger partial charge in [0.15, 0.2) is 0 Å². The number of imidazole rings is 1. The molecule has 124 valence electrons. The van der Waals surface area contributed by atoms with E-state index in [4.69, 9.17) is 0 Å². The molecular weight excluding hydrogens is 328 g/mol. The van der Waals surface area contributed by atoms with E-state index < -0.39 is 10.0 Å². The number of nitrogens with one attached hydrogen (secondary N) is 1. The van der Waals surface area contributed by atoms with Crippen LogP contribution in [0.3, 0.4) is 0 Å². The molecule has 3 rings (SSSR count). The van der Waals surface area contributed by atoms with Crippen LogP contribution in [0.15, 0.2) is 63.3 Å². The Hall–Kier alpha value is -2.87. The second kappa shape index (κ2) is 5.97. The van der Waals surface area contributed by atoms with Gasteiger partial charge in [-0.15, -0.1) is 0 Å². The molecule has 8 heteroatoms. The molecule has 0 saturated carbocycles. The Morgan fingerprint density at radius 2 is 1.67 bits per heavy atom. The molecule has 0 fully saturated rings. The van der Waals surface area contributed by atoms with Gasteiger partial charge in [0, 0.05) is 14.1 Å². The van der Waals surface area contributed by atoms with Crippen LogP contribution in [0.4, 0.5) is 0 Å². The summed E-state index contributed by atoms with van der Waals surface area (Å²) in [5.41, 5.74) is 2.10. The molecule has 0 spiro atoms. The Balaban J connectivity index is 1.86. The summed E-state index contributed by atoms with van der Waals surface area (Å²) < 4.78 is 27.2. The molecule has 0 aliphatic carbocycles. The van der Waals surface area contributed by atoms with Crippen LogP contribution in [0, 0.1) is 0 Å². The van der Waals surface area contributed by atoms with E-state index in [1.54, 1.807) is 55.1 Å². The van der Waals surface area contributed by atoms with Crippen molar-refractivity contribution in [1.29, 1.82) is 0 Å². The van der Waals surface area contributed by atoms with Crippen molar-refractivity contribution >= 4 is 27.3 Å². The first-order chi connectivity index (χ1) is 11.4. The zero-order valence-corrected chi connectivity index (χ0v) is 14.0. The lowest BCUT2D eigenvalue weighted by Crippen LogP contribution is -2.19. The van der Waals surface area contributed by atoms with Gasteiger partial charge in [0.1, 0.15) is 0 Å². The maximum absolute atomic E-state index is 12.1. The minimum absolute atomic E-state index is 0.121. The predicted molar refractivity (Wildman–Crippen MR) is 92.5 cm³/mol. The maximum Gasteiger partial charge on any atom is 0.328 e. The minimum Gasteiger partial charge on any atom is -0.295 e. The molecule has 0 unspecified atom stereocenters. The second-order valence-electron chi connectivity index (χ2n) is 5.31. The van der Waals surface area contributed by atoms with Crippen LogP contribution in [0.1, 0.15) is 5.56 Å². The first-order valence-corrected chi connectivity index (χ1v) is 8.64. The molecule has 24 heavy (non-hydrogen) atoms. The highest BCUT2D eigenvalue weighted by molar-refractivity contribution is 7.89. The fourth-order valence-corrected chi connectivity index (χ4v) is 3.24. The molecular formula is C16H16N4O3S. The smallest absolute Gasteiger partial charge is 0.295 e. The van der Waals surface area contributed by atoms with Crippen LogP contribution in [0.5, 0.6) is 0 Å². The van der Waals surface area contributed by atoms with Crippen LogP contribution in [-0.2, 0) is 24.1 Å².